The minimum Gasteiger partial charge on any atom is -0.480 e. The molecule has 0 saturated carbocycles. The summed E-state index contributed by atoms with van der Waals surface area (Å²) in [6.07, 6.45) is 1.25. The van der Waals surface area contributed by atoms with Crippen molar-refractivity contribution in [2.45, 2.75) is 31.1 Å². The summed E-state index contributed by atoms with van der Waals surface area (Å²) in [6.45, 7) is 2.38. The predicted octanol–water partition coefficient (Wildman–Crippen LogP) is 3.22. The van der Waals surface area contributed by atoms with Crippen LogP contribution in [0.3, 0.4) is 0 Å². The fourth-order valence-corrected chi connectivity index (χ4v) is 6.11. The summed E-state index contributed by atoms with van der Waals surface area (Å²) in [5.74, 6) is -1.42. The van der Waals surface area contributed by atoms with Gasteiger partial charge in [-0.1, -0.05) is 36.4 Å². The Hall–Kier alpha value is -2.36. The van der Waals surface area contributed by atoms with E-state index in [1.54, 1.807) is 30.0 Å². The number of carbonyl (C=O) groups excluding carboxylic acids is 2. The summed E-state index contributed by atoms with van der Waals surface area (Å²) in [6, 6.07) is 13.4. The first-order valence-corrected chi connectivity index (χ1v) is 13.0. The van der Waals surface area contributed by atoms with Gasteiger partial charge in [0.25, 0.3) is 0 Å². The zero-order chi connectivity index (χ0) is 23.6. The van der Waals surface area contributed by atoms with Gasteiger partial charge in [-0.2, -0.15) is 11.8 Å². The number of hydrogen-bond donors (Lipinski definition) is 2. The van der Waals surface area contributed by atoms with Gasteiger partial charge in [-0.25, -0.2) is 0 Å². The molecule has 1 fully saturated rings. The number of benzene rings is 1. The Morgan fingerprint density at radius 3 is 2.70 bits per heavy atom. The molecule has 2 N–H and O–H groups in total. The van der Waals surface area contributed by atoms with Crippen molar-refractivity contribution in [3.63, 3.8) is 0 Å². The van der Waals surface area contributed by atoms with E-state index in [0.29, 0.717) is 25.1 Å². The number of hydrogen-bond acceptors (Lipinski definition) is 7. The van der Waals surface area contributed by atoms with Gasteiger partial charge in [0.1, 0.15) is 12.6 Å². The molecular weight excluding hydrogens is 460 g/mol. The third kappa shape index (κ3) is 7.58. The number of carboxylic acid groups (broad SMARTS) is 1. The smallest absolute Gasteiger partial charge is 0.323 e. The molecule has 1 aromatic carbocycles. The number of aliphatic carboxylic acids is 1. The first-order valence-electron chi connectivity index (χ1n) is 11.1. The largest absolute Gasteiger partial charge is 0.480 e. The average Bonchev–Trinajstić information content (AvgIpc) is 3.29. The van der Waals surface area contributed by atoms with Crippen molar-refractivity contribution >= 4 is 40.9 Å². The number of carbonyl (C=O) groups is 3. The predicted molar refractivity (Wildman–Crippen MR) is 130 cm³/mol. The highest BCUT2D eigenvalue weighted by atomic mass is 32.2. The molecule has 1 saturated heterocycles. The zero-order valence-electron chi connectivity index (χ0n) is 18.6. The van der Waals surface area contributed by atoms with E-state index >= 15 is 0 Å². The fourth-order valence-electron chi connectivity index (χ4n) is 3.79. The second-order valence-electron chi connectivity index (χ2n) is 7.88. The van der Waals surface area contributed by atoms with E-state index < -0.39 is 17.9 Å². The van der Waals surface area contributed by atoms with Gasteiger partial charge in [-0.15, -0.1) is 11.3 Å². The van der Waals surface area contributed by atoms with Crippen molar-refractivity contribution in [1.82, 2.24) is 10.2 Å². The van der Waals surface area contributed by atoms with Gasteiger partial charge in [0, 0.05) is 23.7 Å². The molecule has 0 spiro atoms. The second kappa shape index (κ2) is 12.8. The molecule has 178 valence electrons. The van der Waals surface area contributed by atoms with Crippen molar-refractivity contribution < 1.29 is 24.2 Å². The minimum atomic E-state index is -1.03. The number of amides is 1. The van der Waals surface area contributed by atoms with Crippen LogP contribution in [0.2, 0.25) is 0 Å². The first kappa shape index (κ1) is 25.3. The van der Waals surface area contributed by atoms with Crippen LogP contribution < -0.4 is 5.32 Å². The lowest BCUT2D eigenvalue weighted by atomic mass is 10.0. The Bertz CT molecular complexity index is 907. The quantitative estimate of drug-likeness (QED) is 0.467. The molecule has 2 heterocycles. The lowest BCUT2D eigenvalue weighted by Crippen LogP contribution is -2.46. The molecule has 0 aliphatic carbocycles. The van der Waals surface area contributed by atoms with Gasteiger partial charge in [-0.3, -0.25) is 14.4 Å². The van der Waals surface area contributed by atoms with Crippen molar-refractivity contribution in [2.24, 2.45) is 5.92 Å². The van der Waals surface area contributed by atoms with Gasteiger partial charge in [0.15, 0.2) is 0 Å². The molecule has 0 radical (unpaired) electrons. The molecule has 9 heteroatoms. The van der Waals surface area contributed by atoms with Crippen LogP contribution in [0.1, 0.15) is 29.0 Å². The minimum absolute atomic E-state index is 0.0391. The highest BCUT2D eigenvalue weighted by Crippen LogP contribution is 2.36. The Kier molecular flexibility index (Phi) is 9.77. The van der Waals surface area contributed by atoms with Crippen molar-refractivity contribution in [3.05, 3.63) is 58.3 Å². The maximum Gasteiger partial charge on any atom is 0.323 e. The van der Waals surface area contributed by atoms with E-state index in [2.05, 4.69) is 5.32 Å². The zero-order valence-corrected chi connectivity index (χ0v) is 20.3. The summed E-state index contributed by atoms with van der Waals surface area (Å²) in [5.41, 5.74) is 1.13. The van der Waals surface area contributed by atoms with Gasteiger partial charge < -0.3 is 20.1 Å². The SMILES string of the molecule is CCOC(=O)[C@H](CCc1ccccc1)NCC1CS[C@H](c2cccs2)CN(CC(=O)O)C1=O. The van der Waals surface area contributed by atoms with E-state index in [-0.39, 0.29) is 36.8 Å². The highest BCUT2D eigenvalue weighted by Gasteiger charge is 2.34. The monoisotopic (exact) mass is 490 g/mol. The normalized spacial score (nSPS) is 19.7. The third-order valence-corrected chi connectivity index (χ3v) is 8.01. The fraction of sp³-hybridized carbons (Fsp3) is 0.458. The topological polar surface area (TPSA) is 95.9 Å². The van der Waals surface area contributed by atoms with E-state index in [0.717, 1.165) is 10.4 Å². The van der Waals surface area contributed by atoms with Crippen LogP contribution in [0.5, 0.6) is 0 Å². The average molecular weight is 491 g/mol. The Morgan fingerprint density at radius 1 is 1.24 bits per heavy atom. The van der Waals surface area contributed by atoms with Crippen LogP contribution in [-0.4, -0.2) is 65.9 Å². The summed E-state index contributed by atoms with van der Waals surface area (Å²) in [4.78, 5) is 39.7. The first-order chi connectivity index (χ1) is 16.0. The van der Waals surface area contributed by atoms with Crippen molar-refractivity contribution in [3.8, 4) is 0 Å². The van der Waals surface area contributed by atoms with Crippen molar-refractivity contribution in [2.75, 3.05) is 32.0 Å². The number of esters is 1. The van der Waals surface area contributed by atoms with E-state index in [4.69, 9.17) is 4.74 Å². The number of ether oxygens (including phenoxy) is 1. The van der Waals surface area contributed by atoms with Gasteiger partial charge in [0.05, 0.1) is 17.8 Å². The molecule has 1 amide bonds. The number of aryl methyl sites for hydroxylation is 1. The number of nitrogens with one attached hydrogen (secondary N) is 1. The maximum absolute atomic E-state index is 13.2. The molecule has 3 atom stereocenters. The molecule has 0 bridgehead atoms. The van der Waals surface area contributed by atoms with Crippen LogP contribution in [0.4, 0.5) is 0 Å². The molecule has 7 nitrogen and oxygen atoms in total. The lowest BCUT2D eigenvalue weighted by Gasteiger charge is -2.25. The second-order valence-corrected chi connectivity index (χ2v) is 10.1. The number of thioether (sulfide) groups is 1. The van der Waals surface area contributed by atoms with E-state index in [1.807, 2.05) is 47.8 Å². The molecule has 33 heavy (non-hydrogen) atoms. The summed E-state index contributed by atoms with van der Waals surface area (Å²) in [7, 11) is 0. The van der Waals surface area contributed by atoms with Gasteiger partial charge in [-0.05, 0) is 36.8 Å². The summed E-state index contributed by atoms with van der Waals surface area (Å²) >= 11 is 3.27. The van der Waals surface area contributed by atoms with Crippen LogP contribution in [-0.2, 0) is 25.5 Å². The molecular formula is C24H30N2O5S2. The van der Waals surface area contributed by atoms with Crippen LogP contribution in [0.15, 0.2) is 47.8 Å². The van der Waals surface area contributed by atoms with E-state index in [1.165, 1.54) is 4.90 Å². The Labute approximate surface area is 202 Å². The summed E-state index contributed by atoms with van der Waals surface area (Å²) < 4.78 is 5.25. The van der Waals surface area contributed by atoms with Crippen LogP contribution >= 0.6 is 23.1 Å². The van der Waals surface area contributed by atoms with Crippen LogP contribution in [0.25, 0.3) is 0 Å². The summed E-state index contributed by atoms with van der Waals surface area (Å²) in [5, 5.41) is 14.6. The number of thiophene rings is 1. The van der Waals surface area contributed by atoms with Crippen molar-refractivity contribution in [1.29, 1.82) is 0 Å². The highest BCUT2D eigenvalue weighted by molar-refractivity contribution is 7.99. The third-order valence-electron chi connectivity index (χ3n) is 5.48. The Morgan fingerprint density at radius 2 is 2.03 bits per heavy atom. The lowest BCUT2D eigenvalue weighted by molar-refractivity contribution is -0.147. The Balaban J connectivity index is 1.67. The number of rotatable bonds is 11. The molecule has 1 aliphatic rings. The molecule has 1 unspecified atom stereocenters. The maximum atomic E-state index is 13.2. The van der Waals surface area contributed by atoms with E-state index in [9.17, 15) is 19.5 Å². The number of carboxylic acids is 1. The standard InChI is InChI=1S/C24H30N2O5S2/c1-2-31-24(30)19(11-10-17-7-4-3-5-8-17)25-13-18-16-33-21(20-9-6-12-32-20)14-26(23(18)29)15-22(27)28/h3-9,12,18-19,21,25H,2,10-11,13-16H2,1H3,(H,27,28)/t18?,19-,21-/m0/s1. The van der Waals surface area contributed by atoms with Gasteiger partial charge in [0.2, 0.25) is 5.91 Å². The molecule has 1 aliphatic heterocycles. The molecule has 2 aromatic rings. The molecule has 3 rings (SSSR count). The molecule has 1 aromatic heterocycles. The number of nitrogens with zero attached hydrogens (tertiary/aromatic N) is 1. The van der Waals surface area contributed by atoms with Gasteiger partial charge >= 0.3 is 11.9 Å². The van der Waals surface area contributed by atoms with Crippen LogP contribution in [0, 0.1) is 5.92 Å².